The molecule has 0 saturated carbocycles. The summed E-state index contributed by atoms with van der Waals surface area (Å²) in [6.45, 7) is 3.48. The van der Waals surface area contributed by atoms with Crippen molar-refractivity contribution in [3.8, 4) is 0 Å². The van der Waals surface area contributed by atoms with Crippen LogP contribution < -0.4 is 11.1 Å². The molecule has 2 aromatic rings. The van der Waals surface area contributed by atoms with E-state index in [1.54, 1.807) is 17.6 Å². The standard InChI is InChI=1S/C13H15FN2O2/c1-8-6-11-12(7-10(8)14)18-13(17)16(11)9-2-4-15-5-3-9/h6-7,9,15H,2-5H2,1H3. The third-order valence-corrected chi connectivity index (χ3v) is 3.57. The highest BCUT2D eigenvalue weighted by molar-refractivity contribution is 5.74. The van der Waals surface area contributed by atoms with E-state index in [2.05, 4.69) is 5.32 Å². The van der Waals surface area contributed by atoms with Crippen molar-refractivity contribution in [3.05, 3.63) is 34.1 Å². The summed E-state index contributed by atoms with van der Waals surface area (Å²) in [5.41, 5.74) is 1.57. The third-order valence-electron chi connectivity index (χ3n) is 3.57. The molecular formula is C13H15FN2O2. The fourth-order valence-corrected chi connectivity index (χ4v) is 2.57. The molecule has 0 amide bonds. The minimum atomic E-state index is -0.387. The Bertz CT molecular complexity index is 638. The number of fused-ring (bicyclic) bond motifs is 1. The van der Waals surface area contributed by atoms with Crippen LogP contribution in [0.25, 0.3) is 11.1 Å². The maximum absolute atomic E-state index is 13.5. The molecule has 0 atom stereocenters. The van der Waals surface area contributed by atoms with Gasteiger partial charge < -0.3 is 9.73 Å². The molecular weight excluding hydrogens is 235 g/mol. The smallest absolute Gasteiger partial charge is 0.408 e. The van der Waals surface area contributed by atoms with E-state index >= 15 is 0 Å². The fraction of sp³-hybridized carbons (Fsp3) is 0.462. The van der Waals surface area contributed by atoms with Crippen molar-refractivity contribution in [2.45, 2.75) is 25.8 Å². The molecule has 1 aliphatic rings. The first-order chi connectivity index (χ1) is 8.66. The number of rotatable bonds is 1. The van der Waals surface area contributed by atoms with E-state index in [1.165, 1.54) is 6.07 Å². The van der Waals surface area contributed by atoms with E-state index in [9.17, 15) is 9.18 Å². The second kappa shape index (κ2) is 4.24. The van der Waals surface area contributed by atoms with Crippen molar-refractivity contribution in [1.82, 2.24) is 9.88 Å². The van der Waals surface area contributed by atoms with E-state index in [1.807, 2.05) is 0 Å². The molecule has 1 aliphatic heterocycles. The molecule has 0 bridgehead atoms. The molecule has 1 fully saturated rings. The summed E-state index contributed by atoms with van der Waals surface area (Å²) in [7, 11) is 0. The minimum absolute atomic E-state index is 0.143. The average Bonchev–Trinajstić information content (AvgIpc) is 2.66. The predicted octanol–water partition coefficient (Wildman–Crippen LogP) is 1.97. The molecule has 1 saturated heterocycles. The molecule has 1 N–H and O–H groups in total. The lowest BCUT2D eigenvalue weighted by molar-refractivity contribution is 0.349. The largest absolute Gasteiger partial charge is 0.420 e. The third kappa shape index (κ3) is 1.75. The number of benzene rings is 1. The highest BCUT2D eigenvalue weighted by Crippen LogP contribution is 2.24. The molecule has 2 heterocycles. The SMILES string of the molecule is Cc1cc2c(cc1F)oc(=O)n2C1CCNCC1. The number of hydrogen-bond acceptors (Lipinski definition) is 3. The van der Waals surface area contributed by atoms with Crippen LogP contribution in [0.2, 0.25) is 0 Å². The van der Waals surface area contributed by atoms with Crippen LogP contribution in [0.5, 0.6) is 0 Å². The van der Waals surface area contributed by atoms with Gasteiger partial charge in [-0.1, -0.05) is 0 Å². The van der Waals surface area contributed by atoms with Crippen molar-refractivity contribution in [1.29, 1.82) is 0 Å². The van der Waals surface area contributed by atoms with Gasteiger partial charge in [0.2, 0.25) is 0 Å². The number of oxazole rings is 1. The number of nitrogens with zero attached hydrogens (tertiary/aromatic N) is 1. The maximum atomic E-state index is 13.5. The van der Waals surface area contributed by atoms with E-state index in [0.29, 0.717) is 16.7 Å². The quantitative estimate of drug-likeness (QED) is 0.841. The van der Waals surface area contributed by atoms with E-state index in [0.717, 1.165) is 25.9 Å². The fourth-order valence-electron chi connectivity index (χ4n) is 2.57. The summed E-state index contributed by atoms with van der Waals surface area (Å²) in [5, 5.41) is 3.26. The number of piperidine rings is 1. The monoisotopic (exact) mass is 250 g/mol. The first kappa shape index (κ1) is 11.5. The second-order valence-corrected chi connectivity index (χ2v) is 4.79. The molecule has 0 radical (unpaired) electrons. The summed E-state index contributed by atoms with van der Waals surface area (Å²) >= 11 is 0. The summed E-state index contributed by atoms with van der Waals surface area (Å²) in [6.07, 6.45) is 1.79. The molecule has 3 rings (SSSR count). The van der Waals surface area contributed by atoms with E-state index in [-0.39, 0.29) is 17.6 Å². The summed E-state index contributed by atoms with van der Waals surface area (Å²) in [4.78, 5) is 11.9. The highest BCUT2D eigenvalue weighted by Gasteiger charge is 2.21. The predicted molar refractivity (Wildman–Crippen MR) is 66.3 cm³/mol. The molecule has 0 unspecified atom stereocenters. The normalized spacial score (nSPS) is 17.4. The first-order valence-corrected chi connectivity index (χ1v) is 6.19. The van der Waals surface area contributed by atoms with Crippen LogP contribution in [0.3, 0.4) is 0 Å². The van der Waals surface area contributed by atoms with Gasteiger partial charge in [0.05, 0.1) is 5.52 Å². The summed E-state index contributed by atoms with van der Waals surface area (Å²) < 4.78 is 20.3. The first-order valence-electron chi connectivity index (χ1n) is 6.19. The Morgan fingerprint density at radius 2 is 2.11 bits per heavy atom. The van der Waals surface area contributed by atoms with Gasteiger partial charge in [0.25, 0.3) is 0 Å². The van der Waals surface area contributed by atoms with Crippen molar-refractivity contribution >= 4 is 11.1 Å². The molecule has 4 nitrogen and oxygen atoms in total. The Kier molecular flexibility index (Phi) is 2.70. The molecule has 0 spiro atoms. The van der Waals surface area contributed by atoms with E-state index < -0.39 is 0 Å². The Hall–Kier alpha value is -1.62. The zero-order chi connectivity index (χ0) is 12.7. The number of aromatic nitrogens is 1. The number of nitrogens with one attached hydrogen (secondary N) is 1. The Morgan fingerprint density at radius 1 is 1.39 bits per heavy atom. The molecule has 1 aromatic heterocycles. The zero-order valence-corrected chi connectivity index (χ0v) is 10.2. The van der Waals surface area contributed by atoms with Crippen molar-refractivity contribution < 1.29 is 8.81 Å². The topological polar surface area (TPSA) is 47.2 Å². The molecule has 96 valence electrons. The lowest BCUT2D eigenvalue weighted by atomic mass is 10.1. The van der Waals surface area contributed by atoms with Crippen LogP contribution in [0.15, 0.2) is 21.3 Å². The molecule has 0 aliphatic carbocycles. The van der Waals surface area contributed by atoms with Crippen LogP contribution in [0, 0.1) is 12.7 Å². The van der Waals surface area contributed by atoms with Crippen molar-refractivity contribution in [2.24, 2.45) is 0 Å². The second-order valence-electron chi connectivity index (χ2n) is 4.79. The van der Waals surface area contributed by atoms with Gasteiger partial charge >= 0.3 is 5.76 Å². The molecule has 5 heteroatoms. The number of hydrogen-bond donors (Lipinski definition) is 1. The van der Waals surface area contributed by atoms with Gasteiger partial charge in [0.1, 0.15) is 5.82 Å². The van der Waals surface area contributed by atoms with Crippen molar-refractivity contribution in [2.75, 3.05) is 13.1 Å². The summed E-state index contributed by atoms with van der Waals surface area (Å²) in [6, 6.07) is 3.13. The average molecular weight is 250 g/mol. The Labute approximate surface area is 103 Å². The Balaban J connectivity index is 2.18. The minimum Gasteiger partial charge on any atom is -0.408 e. The maximum Gasteiger partial charge on any atom is 0.420 e. The van der Waals surface area contributed by atoms with Crippen LogP contribution in [-0.2, 0) is 0 Å². The van der Waals surface area contributed by atoms with Crippen LogP contribution in [0.4, 0.5) is 4.39 Å². The van der Waals surface area contributed by atoms with Gasteiger partial charge in [0.15, 0.2) is 5.58 Å². The highest BCUT2D eigenvalue weighted by atomic mass is 19.1. The van der Waals surface area contributed by atoms with Crippen LogP contribution in [0.1, 0.15) is 24.4 Å². The number of halogens is 1. The van der Waals surface area contributed by atoms with Gasteiger partial charge in [-0.05, 0) is 44.5 Å². The van der Waals surface area contributed by atoms with E-state index in [4.69, 9.17) is 4.42 Å². The zero-order valence-electron chi connectivity index (χ0n) is 10.2. The van der Waals surface area contributed by atoms with Crippen molar-refractivity contribution in [3.63, 3.8) is 0 Å². The lowest BCUT2D eigenvalue weighted by Crippen LogP contribution is -2.32. The summed E-state index contributed by atoms with van der Waals surface area (Å²) in [5.74, 6) is -0.726. The van der Waals surface area contributed by atoms with Crippen LogP contribution >= 0.6 is 0 Å². The van der Waals surface area contributed by atoms with Gasteiger partial charge in [-0.25, -0.2) is 9.18 Å². The Morgan fingerprint density at radius 3 is 2.83 bits per heavy atom. The lowest BCUT2D eigenvalue weighted by Gasteiger charge is -2.23. The van der Waals surface area contributed by atoms with Crippen LogP contribution in [-0.4, -0.2) is 17.7 Å². The molecule has 18 heavy (non-hydrogen) atoms. The number of aryl methyl sites for hydroxylation is 1. The molecule has 1 aromatic carbocycles. The van der Waals surface area contributed by atoms with Gasteiger partial charge in [-0.2, -0.15) is 0 Å². The van der Waals surface area contributed by atoms with Gasteiger partial charge in [-0.15, -0.1) is 0 Å². The van der Waals surface area contributed by atoms with Gasteiger partial charge in [0, 0.05) is 12.1 Å². The van der Waals surface area contributed by atoms with Gasteiger partial charge in [-0.3, -0.25) is 4.57 Å².